The number of hydrogen-bond donors (Lipinski definition) is 4. The molecule has 0 aromatic carbocycles. The molecule has 0 bridgehead atoms. The van der Waals surface area contributed by atoms with Crippen molar-refractivity contribution in [2.75, 3.05) is 18.6 Å². The van der Waals surface area contributed by atoms with Crippen molar-refractivity contribution < 1.29 is 23.1 Å². The molecule has 1 saturated heterocycles. The van der Waals surface area contributed by atoms with Gasteiger partial charge >= 0.3 is 5.97 Å². The first kappa shape index (κ1) is 20.1. The van der Waals surface area contributed by atoms with Crippen LogP contribution in [0, 0.1) is 0 Å². The molecule has 2 aliphatic heterocycles. The summed E-state index contributed by atoms with van der Waals surface area (Å²) < 4.78 is 25.0. The number of carbonyl (C=O) groups excluding carboxylic acids is 1. The smallest absolute Gasteiger partial charge is 0.352 e. The van der Waals surface area contributed by atoms with Crippen molar-refractivity contribution in [1.29, 1.82) is 0 Å². The van der Waals surface area contributed by atoms with E-state index in [2.05, 4.69) is 25.3 Å². The average Bonchev–Trinajstić information content (AvgIpc) is 3.10. The number of aliphatic carboxylic acids is 1. The van der Waals surface area contributed by atoms with Crippen LogP contribution in [0.25, 0.3) is 0 Å². The fraction of sp³-hybridized carbons (Fsp3) is 0.583. The number of nitrogens with zero attached hydrogens (tertiary/aromatic N) is 4. The average molecular weight is 436 g/mol. The zero-order valence-electron chi connectivity index (χ0n) is 14.0. The van der Waals surface area contributed by atoms with Gasteiger partial charge in [0.25, 0.3) is 0 Å². The van der Waals surface area contributed by atoms with Gasteiger partial charge in [-0.2, -0.15) is 0 Å². The molecule has 148 valence electrons. The van der Waals surface area contributed by atoms with E-state index in [0.29, 0.717) is 16.5 Å². The van der Waals surface area contributed by atoms with E-state index in [1.165, 1.54) is 28.4 Å². The summed E-state index contributed by atoms with van der Waals surface area (Å²) in [7, 11) is -3.39. The van der Waals surface area contributed by atoms with Crippen LogP contribution in [0.1, 0.15) is 6.42 Å². The maximum Gasteiger partial charge on any atom is 0.352 e. The quantitative estimate of drug-likeness (QED) is 0.266. The number of β-lactam (4-membered cyclic amide) rings is 1. The predicted molar refractivity (Wildman–Crippen MR) is 97.0 cm³/mol. The predicted octanol–water partition coefficient (Wildman–Crippen LogP) is -1.82. The summed E-state index contributed by atoms with van der Waals surface area (Å²) in [4.78, 5) is 25.2. The van der Waals surface area contributed by atoms with Crippen LogP contribution in [0.4, 0.5) is 0 Å². The number of carbonyl (C=O) groups is 2. The lowest BCUT2D eigenvalue weighted by Crippen LogP contribution is -2.68. The van der Waals surface area contributed by atoms with Crippen LogP contribution >= 0.6 is 23.5 Å². The Morgan fingerprint density at radius 1 is 1.59 bits per heavy atom. The van der Waals surface area contributed by atoms with Gasteiger partial charge in [-0.05, 0) is 22.4 Å². The van der Waals surface area contributed by atoms with Gasteiger partial charge in [0.2, 0.25) is 21.1 Å². The number of nitrogens with one attached hydrogen (secondary N) is 2. The largest absolute Gasteiger partial charge is 0.477 e. The topological polar surface area (TPSA) is 184 Å². The van der Waals surface area contributed by atoms with Crippen molar-refractivity contribution in [2.24, 2.45) is 5.73 Å². The molecule has 0 aliphatic carbocycles. The molecular weight excluding hydrogens is 418 g/mol. The molecule has 0 saturated carbocycles. The summed E-state index contributed by atoms with van der Waals surface area (Å²) >= 11 is 2.55. The Bertz CT molecular complexity index is 872. The van der Waals surface area contributed by atoms with Gasteiger partial charge in [0, 0.05) is 17.5 Å². The van der Waals surface area contributed by atoms with E-state index in [1.54, 1.807) is 0 Å². The van der Waals surface area contributed by atoms with Crippen LogP contribution in [-0.2, 0) is 19.6 Å². The number of hydrogen-bond acceptors (Lipinski definition) is 10. The van der Waals surface area contributed by atoms with Crippen molar-refractivity contribution >= 4 is 45.4 Å². The zero-order chi connectivity index (χ0) is 19.8. The number of carboxylic acid groups (broad SMARTS) is 1. The number of fused-ring (bicyclic) bond motifs is 1. The highest BCUT2D eigenvalue weighted by Gasteiger charge is 2.52. The molecule has 0 spiro atoms. The molecule has 1 aromatic rings. The van der Waals surface area contributed by atoms with Crippen molar-refractivity contribution in [1.82, 2.24) is 30.2 Å². The second kappa shape index (κ2) is 7.75. The Morgan fingerprint density at radius 3 is 2.93 bits per heavy atom. The molecular formula is C12H17N7O5S3. The van der Waals surface area contributed by atoms with Gasteiger partial charge in [0.05, 0.1) is 6.26 Å². The van der Waals surface area contributed by atoms with Gasteiger partial charge in [0.15, 0.2) is 0 Å². The first-order valence-electron chi connectivity index (χ1n) is 7.70. The van der Waals surface area contributed by atoms with Crippen LogP contribution < -0.4 is 10.5 Å². The molecule has 2 aliphatic rings. The Hall–Kier alpha value is -1.68. The monoisotopic (exact) mass is 435 g/mol. The van der Waals surface area contributed by atoms with Crippen molar-refractivity contribution in [3.63, 3.8) is 0 Å². The second-order valence-corrected chi connectivity index (χ2v) is 10.0. The summed E-state index contributed by atoms with van der Waals surface area (Å²) in [6, 6.07) is -0.720. The zero-order valence-corrected chi connectivity index (χ0v) is 16.5. The minimum absolute atomic E-state index is 0.0933. The van der Waals surface area contributed by atoms with Crippen molar-refractivity contribution in [3.05, 3.63) is 11.3 Å². The maximum absolute atomic E-state index is 12.1. The maximum atomic E-state index is 12.1. The third kappa shape index (κ3) is 4.26. The molecule has 1 aromatic heterocycles. The number of sulfonamides is 1. The second-order valence-electron chi connectivity index (χ2n) is 5.88. The first-order valence-corrected chi connectivity index (χ1v) is 11.5. The number of aromatic nitrogens is 4. The number of carboxylic acids is 1. The van der Waals surface area contributed by atoms with E-state index >= 15 is 0 Å². The van der Waals surface area contributed by atoms with Gasteiger partial charge in [-0.25, -0.2) is 23.0 Å². The van der Waals surface area contributed by atoms with Gasteiger partial charge in [-0.1, -0.05) is 11.8 Å². The summed E-state index contributed by atoms with van der Waals surface area (Å²) in [5.74, 6) is -1.32. The Morgan fingerprint density at radius 2 is 2.33 bits per heavy atom. The number of tetrazole rings is 1. The van der Waals surface area contributed by atoms with Crippen LogP contribution in [0.15, 0.2) is 16.4 Å². The molecule has 27 heavy (non-hydrogen) atoms. The summed E-state index contributed by atoms with van der Waals surface area (Å²) in [6.45, 7) is 0.0933. The van der Waals surface area contributed by atoms with Crippen LogP contribution in [0.3, 0.4) is 0 Å². The van der Waals surface area contributed by atoms with E-state index in [0.717, 1.165) is 6.26 Å². The van der Waals surface area contributed by atoms with Crippen molar-refractivity contribution in [3.8, 4) is 0 Å². The van der Waals surface area contributed by atoms with Gasteiger partial charge in [0.1, 0.15) is 17.1 Å². The lowest BCUT2D eigenvalue weighted by atomic mass is 10.0. The molecule has 3 heterocycles. The molecule has 12 nitrogen and oxygen atoms in total. The lowest BCUT2D eigenvalue weighted by molar-refractivity contribution is -0.148. The van der Waals surface area contributed by atoms with Gasteiger partial charge < -0.3 is 10.8 Å². The molecule has 5 N–H and O–H groups in total. The van der Waals surface area contributed by atoms with Crippen LogP contribution in [0.5, 0.6) is 0 Å². The third-order valence-electron chi connectivity index (χ3n) is 3.98. The first-order chi connectivity index (χ1) is 12.7. The summed E-state index contributed by atoms with van der Waals surface area (Å²) in [5.41, 5.74) is 6.16. The Kier molecular flexibility index (Phi) is 5.76. The molecule has 1 fully saturated rings. The van der Waals surface area contributed by atoms with Crippen LogP contribution in [0.2, 0.25) is 0 Å². The summed E-state index contributed by atoms with van der Waals surface area (Å²) in [5, 5.41) is 22.5. The highest BCUT2D eigenvalue weighted by Crippen LogP contribution is 2.43. The SMILES string of the molecule is CS(=O)(=O)NCCC(Sc1nnn[nH]1)C1=C(C(=O)O)N2C(=O)C(N)[C@@H]2SC1. The van der Waals surface area contributed by atoms with E-state index in [9.17, 15) is 23.1 Å². The van der Waals surface area contributed by atoms with Gasteiger partial charge in [-0.15, -0.1) is 16.9 Å². The van der Waals surface area contributed by atoms with Gasteiger partial charge in [-0.3, -0.25) is 9.69 Å². The number of H-pyrrole nitrogens is 1. The Balaban J connectivity index is 1.90. The van der Waals surface area contributed by atoms with E-state index in [1.807, 2.05) is 0 Å². The minimum atomic E-state index is -3.39. The normalized spacial score (nSPS) is 23.8. The number of aromatic amines is 1. The third-order valence-corrected chi connectivity index (χ3v) is 7.23. The van der Waals surface area contributed by atoms with Crippen molar-refractivity contribution in [2.45, 2.75) is 28.2 Å². The standard InChI is InChI=1S/C12H17N7O5S3/c1-27(23,24)14-3-2-6(26-12-15-17-18-16-12)5-4-25-10-7(13)9(20)19(10)8(5)11(21)22/h6-7,10,14H,2-4,13H2,1H3,(H,21,22)(H,15,16,17,18)/t6?,7?,10-/m0/s1. The Labute approximate surface area is 162 Å². The van der Waals surface area contributed by atoms with E-state index < -0.39 is 38.6 Å². The minimum Gasteiger partial charge on any atom is -0.477 e. The van der Waals surface area contributed by atoms with Crippen LogP contribution in [-0.4, -0.2) is 86.1 Å². The number of amides is 1. The molecule has 3 atom stereocenters. The molecule has 15 heteroatoms. The number of thioether (sulfide) groups is 2. The molecule has 1 amide bonds. The lowest BCUT2D eigenvalue weighted by Gasteiger charge is -2.48. The molecule has 2 unspecified atom stereocenters. The van der Waals surface area contributed by atoms with E-state index in [-0.39, 0.29) is 18.7 Å². The molecule has 3 rings (SSSR count). The highest BCUT2D eigenvalue weighted by atomic mass is 32.2. The summed E-state index contributed by atoms with van der Waals surface area (Å²) in [6.07, 6.45) is 1.32. The number of rotatable bonds is 8. The van der Waals surface area contributed by atoms with E-state index in [4.69, 9.17) is 5.73 Å². The fourth-order valence-electron chi connectivity index (χ4n) is 2.80. The fourth-order valence-corrected chi connectivity index (χ4v) is 5.79. The number of nitrogens with two attached hydrogens (primary N) is 1. The molecule has 0 radical (unpaired) electrons. The highest BCUT2D eigenvalue weighted by molar-refractivity contribution is 8.01.